The van der Waals surface area contributed by atoms with E-state index in [2.05, 4.69) is 4.98 Å². The zero-order chi connectivity index (χ0) is 11.4. The lowest BCUT2D eigenvalue weighted by atomic mass is 10.4. The molecule has 15 heavy (non-hydrogen) atoms. The van der Waals surface area contributed by atoms with Gasteiger partial charge in [-0.05, 0) is 6.92 Å². The van der Waals surface area contributed by atoms with Crippen LogP contribution in [0.1, 0.15) is 11.5 Å². The van der Waals surface area contributed by atoms with Crippen LogP contribution in [0.5, 0.6) is 0 Å². The second kappa shape index (κ2) is 4.70. The fourth-order valence-electron chi connectivity index (χ4n) is 1.23. The van der Waals surface area contributed by atoms with Gasteiger partial charge in [0.05, 0.1) is 12.3 Å². The number of carboxylic acids is 1. The van der Waals surface area contributed by atoms with Crippen molar-refractivity contribution in [1.29, 1.82) is 0 Å². The summed E-state index contributed by atoms with van der Waals surface area (Å²) in [7, 11) is 1.50. The van der Waals surface area contributed by atoms with E-state index in [-0.39, 0.29) is 18.7 Å². The topological polar surface area (TPSA) is 81.4 Å². The van der Waals surface area contributed by atoms with Crippen LogP contribution in [0.15, 0.2) is 10.9 Å². The molecular weight excluding hydrogens is 200 g/mol. The zero-order valence-electron chi connectivity index (χ0n) is 8.56. The summed E-state index contributed by atoms with van der Waals surface area (Å²) in [5, 5.41) is 8.58. The Bertz CT molecular complexity index is 425. The van der Waals surface area contributed by atoms with Gasteiger partial charge in [-0.15, -0.1) is 0 Å². The number of aromatic nitrogens is 2. The van der Waals surface area contributed by atoms with Crippen molar-refractivity contribution in [1.82, 2.24) is 9.55 Å². The number of hydrogen-bond acceptors (Lipinski definition) is 4. The summed E-state index contributed by atoms with van der Waals surface area (Å²) >= 11 is 0. The molecule has 0 radical (unpaired) electrons. The van der Waals surface area contributed by atoms with Crippen LogP contribution in [0, 0.1) is 6.92 Å². The summed E-state index contributed by atoms with van der Waals surface area (Å²) in [5.74, 6) is -0.696. The number of carboxylic acid groups (broad SMARTS) is 1. The van der Waals surface area contributed by atoms with Crippen LogP contribution in [0.3, 0.4) is 0 Å². The van der Waals surface area contributed by atoms with Gasteiger partial charge in [0.25, 0.3) is 5.56 Å². The standard InChI is InChI=1S/C9H12N2O4/c1-6-10-7(5-15-2)3-8(12)11(6)4-9(13)14/h3H,4-5H2,1-2H3,(H,13,14). The summed E-state index contributed by atoms with van der Waals surface area (Å²) in [5.41, 5.74) is 0.124. The van der Waals surface area contributed by atoms with Crippen LogP contribution < -0.4 is 5.56 Å². The molecule has 1 heterocycles. The first-order valence-electron chi connectivity index (χ1n) is 4.32. The maximum absolute atomic E-state index is 11.5. The van der Waals surface area contributed by atoms with E-state index in [4.69, 9.17) is 9.84 Å². The highest BCUT2D eigenvalue weighted by Crippen LogP contribution is 1.96. The maximum atomic E-state index is 11.5. The molecule has 0 aliphatic heterocycles. The first-order valence-corrected chi connectivity index (χ1v) is 4.32. The van der Waals surface area contributed by atoms with E-state index in [1.165, 1.54) is 13.2 Å². The fraction of sp³-hybridized carbons (Fsp3) is 0.444. The Morgan fingerprint density at radius 3 is 2.80 bits per heavy atom. The normalized spacial score (nSPS) is 10.3. The molecular formula is C9H12N2O4. The predicted molar refractivity (Wildman–Crippen MR) is 51.6 cm³/mol. The fourth-order valence-corrected chi connectivity index (χ4v) is 1.23. The van der Waals surface area contributed by atoms with E-state index >= 15 is 0 Å². The molecule has 0 amide bonds. The monoisotopic (exact) mass is 212 g/mol. The molecule has 1 aromatic heterocycles. The molecule has 1 N–H and O–H groups in total. The van der Waals surface area contributed by atoms with Gasteiger partial charge in [-0.3, -0.25) is 14.2 Å². The zero-order valence-corrected chi connectivity index (χ0v) is 8.56. The first-order chi connectivity index (χ1) is 7.04. The molecule has 0 unspecified atom stereocenters. The van der Waals surface area contributed by atoms with Gasteiger partial charge < -0.3 is 9.84 Å². The van der Waals surface area contributed by atoms with Crippen LogP contribution in [-0.2, 0) is 22.7 Å². The van der Waals surface area contributed by atoms with Gasteiger partial charge in [-0.2, -0.15) is 0 Å². The van der Waals surface area contributed by atoms with Crippen molar-refractivity contribution in [3.8, 4) is 0 Å². The minimum Gasteiger partial charge on any atom is -0.480 e. The molecule has 0 aliphatic carbocycles. The molecule has 0 aliphatic rings. The molecule has 0 spiro atoms. The SMILES string of the molecule is COCc1cc(=O)n(CC(=O)O)c(C)n1. The molecule has 0 aromatic carbocycles. The molecule has 1 rings (SSSR count). The van der Waals surface area contributed by atoms with E-state index in [1.807, 2.05) is 0 Å². The molecule has 0 atom stereocenters. The lowest BCUT2D eigenvalue weighted by Gasteiger charge is -2.07. The third kappa shape index (κ3) is 2.88. The van der Waals surface area contributed by atoms with Gasteiger partial charge in [0.15, 0.2) is 0 Å². The van der Waals surface area contributed by atoms with Gasteiger partial charge in [0.1, 0.15) is 12.4 Å². The lowest BCUT2D eigenvalue weighted by molar-refractivity contribution is -0.137. The minimum absolute atomic E-state index is 0.240. The molecule has 6 nitrogen and oxygen atoms in total. The van der Waals surface area contributed by atoms with Crippen molar-refractivity contribution in [3.05, 3.63) is 27.9 Å². The third-order valence-electron chi connectivity index (χ3n) is 1.84. The highest BCUT2D eigenvalue weighted by atomic mass is 16.5. The quantitative estimate of drug-likeness (QED) is 0.746. The summed E-state index contributed by atoms with van der Waals surface area (Å²) in [4.78, 5) is 26.0. The molecule has 0 fully saturated rings. The molecule has 1 aromatic rings. The number of rotatable bonds is 4. The number of hydrogen-bond donors (Lipinski definition) is 1. The highest BCUT2D eigenvalue weighted by Gasteiger charge is 2.07. The largest absolute Gasteiger partial charge is 0.480 e. The lowest BCUT2D eigenvalue weighted by Crippen LogP contribution is -2.27. The highest BCUT2D eigenvalue weighted by molar-refractivity contribution is 5.66. The van der Waals surface area contributed by atoms with Crippen LogP contribution in [0.25, 0.3) is 0 Å². The van der Waals surface area contributed by atoms with Gasteiger partial charge in [-0.25, -0.2) is 4.98 Å². The molecule has 0 bridgehead atoms. The smallest absolute Gasteiger partial charge is 0.323 e. The van der Waals surface area contributed by atoms with E-state index in [1.54, 1.807) is 6.92 Å². The van der Waals surface area contributed by atoms with E-state index in [0.717, 1.165) is 4.57 Å². The maximum Gasteiger partial charge on any atom is 0.323 e. The van der Waals surface area contributed by atoms with Gasteiger partial charge in [-0.1, -0.05) is 0 Å². The Hall–Kier alpha value is -1.69. The summed E-state index contributed by atoms with van der Waals surface area (Å²) in [6.07, 6.45) is 0. The number of ether oxygens (including phenoxy) is 1. The van der Waals surface area contributed by atoms with Crippen molar-refractivity contribution in [3.63, 3.8) is 0 Å². The van der Waals surface area contributed by atoms with Crippen LogP contribution in [0.2, 0.25) is 0 Å². The van der Waals surface area contributed by atoms with E-state index in [0.29, 0.717) is 11.5 Å². The van der Waals surface area contributed by atoms with Crippen molar-refractivity contribution in [2.75, 3.05) is 7.11 Å². The Morgan fingerprint density at radius 2 is 2.33 bits per heavy atom. The number of aliphatic carboxylic acids is 1. The second-order valence-electron chi connectivity index (χ2n) is 3.05. The number of nitrogens with zero attached hydrogens (tertiary/aromatic N) is 2. The van der Waals surface area contributed by atoms with Crippen LogP contribution in [0.4, 0.5) is 0 Å². The van der Waals surface area contributed by atoms with E-state index < -0.39 is 5.97 Å². The van der Waals surface area contributed by atoms with Crippen LogP contribution in [-0.4, -0.2) is 27.7 Å². The molecule has 0 saturated carbocycles. The number of aryl methyl sites for hydroxylation is 1. The Morgan fingerprint density at radius 1 is 1.67 bits per heavy atom. The number of carbonyl (C=O) groups is 1. The van der Waals surface area contributed by atoms with Crippen molar-refractivity contribution >= 4 is 5.97 Å². The number of methoxy groups -OCH3 is 1. The van der Waals surface area contributed by atoms with Gasteiger partial charge >= 0.3 is 5.97 Å². The van der Waals surface area contributed by atoms with Crippen molar-refractivity contribution < 1.29 is 14.6 Å². The van der Waals surface area contributed by atoms with Gasteiger partial charge in [0.2, 0.25) is 0 Å². The first kappa shape index (κ1) is 11.4. The third-order valence-corrected chi connectivity index (χ3v) is 1.84. The minimum atomic E-state index is -1.07. The summed E-state index contributed by atoms with van der Waals surface area (Å²) in [6.45, 7) is 1.46. The summed E-state index contributed by atoms with van der Waals surface area (Å²) in [6, 6.07) is 1.28. The second-order valence-corrected chi connectivity index (χ2v) is 3.05. The molecule has 6 heteroatoms. The Kier molecular flexibility index (Phi) is 3.56. The average Bonchev–Trinajstić information content (AvgIpc) is 2.11. The molecule has 82 valence electrons. The van der Waals surface area contributed by atoms with Gasteiger partial charge in [0, 0.05) is 13.2 Å². The average molecular weight is 212 g/mol. The Labute approximate surface area is 86.1 Å². The summed E-state index contributed by atoms with van der Waals surface area (Å²) < 4.78 is 5.93. The molecule has 0 saturated heterocycles. The predicted octanol–water partition coefficient (Wildman–Crippen LogP) is -0.217. The van der Waals surface area contributed by atoms with E-state index in [9.17, 15) is 9.59 Å². The van der Waals surface area contributed by atoms with Crippen molar-refractivity contribution in [2.24, 2.45) is 0 Å². The van der Waals surface area contributed by atoms with Crippen LogP contribution >= 0.6 is 0 Å². The van der Waals surface area contributed by atoms with Crippen molar-refractivity contribution in [2.45, 2.75) is 20.1 Å². The Balaban J connectivity index is 3.10.